The van der Waals surface area contributed by atoms with E-state index in [1.807, 2.05) is 104 Å². The second-order valence-electron chi connectivity index (χ2n) is 16.5. The number of aromatic nitrogens is 1. The summed E-state index contributed by atoms with van der Waals surface area (Å²) in [5, 5.41) is 30.9. The largest absolute Gasteiger partial charge is 0.506 e. The number of amides is 3. The molecule has 1 aromatic heterocycles. The normalized spacial score (nSPS) is 14.3. The summed E-state index contributed by atoms with van der Waals surface area (Å²) in [6, 6.07) is 31.5. The highest BCUT2D eigenvalue weighted by Gasteiger charge is 2.23. The smallest absolute Gasteiger partial charge is 0.407 e. The third-order valence-electron chi connectivity index (χ3n) is 11.5. The summed E-state index contributed by atoms with van der Waals surface area (Å²) < 4.78 is 5.62. The standard InChI is InChI=1S/C52H60N6O7/c1-36(41-14-7-4-8-15-41)11-6-5-9-27-53-52(64)65-43-24-28-58(29-25-43)30-26-50(63)57(3)42-18-16-38(17-19-42)33-49(62)55-34-40-13-10-12-39(32-40)31-37(2)54-35-47(60)44-20-22-46(59)51-45(44)21-23-48(61)56-51/h4-23,32,37,43,47,54,59-60H,1,24-31,33-35H2,2-3H3,(H,53,64)(H,55,62)(H,56,61)/b9-5-,11-6-/t37-,47-/m0/s1. The van der Waals surface area contributed by atoms with Gasteiger partial charge in [0.2, 0.25) is 17.4 Å². The number of aliphatic hydroxyl groups excluding tert-OH is 1. The van der Waals surface area contributed by atoms with Crippen LogP contribution in [0.1, 0.15) is 60.1 Å². The topological polar surface area (TPSA) is 176 Å². The Morgan fingerprint density at radius 2 is 1.68 bits per heavy atom. The highest BCUT2D eigenvalue weighted by Crippen LogP contribution is 2.29. The Bertz CT molecular complexity index is 2510. The molecule has 6 rings (SSSR count). The summed E-state index contributed by atoms with van der Waals surface area (Å²) in [7, 11) is 1.76. The minimum absolute atomic E-state index is 0.00658. The van der Waals surface area contributed by atoms with Gasteiger partial charge in [0, 0.05) is 75.9 Å². The number of phenols is 1. The number of carbonyl (C=O) groups excluding carboxylic acids is 3. The molecule has 0 unspecified atom stereocenters. The number of carbonyl (C=O) groups is 3. The first kappa shape index (κ1) is 47.7. The van der Waals surface area contributed by atoms with E-state index in [0.717, 1.165) is 46.6 Å². The van der Waals surface area contributed by atoms with Crippen molar-refractivity contribution in [1.82, 2.24) is 25.8 Å². The predicted octanol–water partition coefficient (Wildman–Crippen LogP) is 6.72. The molecule has 1 saturated heterocycles. The third kappa shape index (κ3) is 14.6. The second kappa shape index (κ2) is 23.8. The molecule has 1 aliphatic heterocycles. The fourth-order valence-electron chi connectivity index (χ4n) is 7.77. The van der Waals surface area contributed by atoms with Crippen LogP contribution in [0.4, 0.5) is 10.5 Å². The van der Waals surface area contributed by atoms with Gasteiger partial charge in [-0.05, 0) is 83.8 Å². The van der Waals surface area contributed by atoms with Gasteiger partial charge in [0.1, 0.15) is 11.9 Å². The van der Waals surface area contributed by atoms with Crippen molar-refractivity contribution in [3.8, 4) is 5.75 Å². The molecule has 2 heterocycles. The number of anilines is 1. The lowest BCUT2D eigenvalue weighted by Gasteiger charge is -2.31. The Hall–Kier alpha value is -6.80. The molecule has 1 aliphatic rings. The van der Waals surface area contributed by atoms with E-state index < -0.39 is 12.2 Å². The van der Waals surface area contributed by atoms with Crippen molar-refractivity contribution in [2.75, 3.05) is 44.7 Å². The molecule has 5 aromatic rings. The highest BCUT2D eigenvalue weighted by atomic mass is 16.6. The van der Waals surface area contributed by atoms with Gasteiger partial charge in [-0.2, -0.15) is 0 Å². The van der Waals surface area contributed by atoms with E-state index in [1.165, 1.54) is 12.1 Å². The summed E-state index contributed by atoms with van der Waals surface area (Å²) >= 11 is 0. The maximum atomic E-state index is 13.1. The van der Waals surface area contributed by atoms with Crippen LogP contribution < -0.4 is 26.4 Å². The third-order valence-corrected chi connectivity index (χ3v) is 11.5. The summed E-state index contributed by atoms with van der Waals surface area (Å²) in [6.07, 6.45) is 8.74. The number of alkyl carbamates (subject to hydrolysis) is 1. The highest BCUT2D eigenvalue weighted by molar-refractivity contribution is 5.93. The summed E-state index contributed by atoms with van der Waals surface area (Å²) in [6.45, 7) is 9.21. The molecule has 3 amide bonds. The van der Waals surface area contributed by atoms with E-state index in [-0.39, 0.29) is 48.2 Å². The quantitative estimate of drug-likeness (QED) is 0.0464. The SMILES string of the molecule is C=C(/C=C\C=C/CNC(=O)OC1CCN(CCC(=O)N(C)c2ccc(CC(=O)NCc3cccc(C[C@H](C)NC[C@H](O)c4ccc(O)c5[nH]c(=O)ccc45)c3)cc2)CC1)c1ccccc1. The molecule has 0 aliphatic carbocycles. The first-order chi connectivity index (χ1) is 31.4. The van der Waals surface area contributed by atoms with Gasteiger partial charge in [-0.3, -0.25) is 14.4 Å². The molecule has 13 nitrogen and oxygen atoms in total. The zero-order valence-corrected chi connectivity index (χ0v) is 37.2. The monoisotopic (exact) mass is 880 g/mol. The second-order valence-corrected chi connectivity index (χ2v) is 16.5. The van der Waals surface area contributed by atoms with Crippen molar-refractivity contribution in [3.63, 3.8) is 0 Å². The summed E-state index contributed by atoms with van der Waals surface area (Å²) in [5.74, 6) is -0.170. The molecule has 0 bridgehead atoms. The molecule has 1 fully saturated rings. The van der Waals surface area contributed by atoms with E-state index in [2.05, 4.69) is 38.5 Å². The lowest BCUT2D eigenvalue weighted by Crippen LogP contribution is -2.41. The fraction of sp³-hybridized carbons (Fsp3) is 0.308. The van der Waals surface area contributed by atoms with Gasteiger partial charge in [-0.1, -0.05) is 104 Å². The van der Waals surface area contributed by atoms with Gasteiger partial charge in [-0.25, -0.2) is 4.79 Å². The van der Waals surface area contributed by atoms with Gasteiger partial charge in [0.15, 0.2) is 0 Å². The number of benzene rings is 4. The maximum absolute atomic E-state index is 13.1. The Morgan fingerprint density at radius 3 is 2.45 bits per heavy atom. The van der Waals surface area contributed by atoms with E-state index in [0.29, 0.717) is 61.8 Å². The number of pyridine rings is 1. The molecule has 0 saturated carbocycles. The first-order valence-electron chi connectivity index (χ1n) is 22.1. The Balaban J connectivity index is 0.842. The number of aliphatic hydroxyl groups is 1. The van der Waals surface area contributed by atoms with Crippen LogP contribution in [0.3, 0.4) is 0 Å². The van der Waals surface area contributed by atoms with Crippen molar-refractivity contribution in [2.24, 2.45) is 0 Å². The Morgan fingerprint density at radius 1 is 0.923 bits per heavy atom. The molecule has 13 heteroatoms. The fourth-order valence-corrected chi connectivity index (χ4v) is 7.77. The number of hydrogen-bond acceptors (Lipinski definition) is 9. The van der Waals surface area contributed by atoms with Crippen molar-refractivity contribution >= 4 is 40.1 Å². The zero-order valence-electron chi connectivity index (χ0n) is 37.2. The van der Waals surface area contributed by atoms with Crippen LogP contribution in [0.15, 0.2) is 139 Å². The van der Waals surface area contributed by atoms with Crippen LogP contribution in [0.25, 0.3) is 16.5 Å². The predicted molar refractivity (Wildman–Crippen MR) is 257 cm³/mol. The summed E-state index contributed by atoms with van der Waals surface area (Å²) in [4.78, 5) is 56.6. The maximum Gasteiger partial charge on any atom is 0.407 e. The number of ether oxygens (including phenoxy) is 1. The van der Waals surface area contributed by atoms with Gasteiger partial charge in [0.25, 0.3) is 0 Å². The van der Waals surface area contributed by atoms with Crippen LogP contribution in [0, 0.1) is 0 Å². The van der Waals surface area contributed by atoms with Crippen molar-refractivity contribution < 1.29 is 29.3 Å². The Kier molecular flexibility index (Phi) is 17.4. The lowest BCUT2D eigenvalue weighted by atomic mass is 10.0. The number of H-pyrrole nitrogens is 1. The number of piperidine rings is 1. The van der Waals surface area contributed by atoms with Crippen LogP contribution >= 0.6 is 0 Å². The molecular weight excluding hydrogens is 821 g/mol. The number of rotatable bonds is 20. The average molecular weight is 881 g/mol. The van der Waals surface area contributed by atoms with E-state index in [1.54, 1.807) is 24.1 Å². The van der Waals surface area contributed by atoms with Gasteiger partial charge in [-0.15, -0.1) is 0 Å². The number of fused-ring (bicyclic) bond motifs is 1. The number of aromatic hydroxyl groups is 1. The molecule has 4 aromatic carbocycles. The molecule has 65 heavy (non-hydrogen) atoms. The van der Waals surface area contributed by atoms with Crippen LogP contribution in [-0.4, -0.2) is 89.9 Å². The lowest BCUT2D eigenvalue weighted by molar-refractivity contribution is -0.120. The number of likely N-dealkylation sites (tertiary alicyclic amines) is 1. The Labute approximate surface area is 380 Å². The van der Waals surface area contributed by atoms with Crippen LogP contribution in [-0.2, 0) is 33.7 Å². The first-order valence-corrected chi connectivity index (χ1v) is 22.1. The zero-order chi connectivity index (χ0) is 46.1. The van der Waals surface area contributed by atoms with E-state index in [4.69, 9.17) is 4.74 Å². The van der Waals surface area contributed by atoms with E-state index in [9.17, 15) is 29.4 Å². The van der Waals surface area contributed by atoms with Crippen LogP contribution in [0.5, 0.6) is 5.75 Å². The van der Waals surface area contributed by atoms with Gasteiger partial charge in [0.05, 0.1) is 18.0 Å². The van der Waals surface area contributed by atoms with Gasteiger partial charge >= 0.3 is 6.09 Å². The average Bonchev–Trinajstić information content (AvgIpc) is 3.31. The van der Waals surface area contributed by atoms with Crippen molar-refractivity contribution in [3.05, 3.63) is 172 Å². The number of hydrogen-bond donors (Lipinski definition) is 6. The molecule has 0 spiro atoms. The van der Waals surface area contributed by atoms with E-state index >= 15 is 0 Å². The number of nitrogens with zero attached hydrogens (tertiary/aromatic N) is 2. The molecular formula is C52H60N6O7. The number of aromatic amines is 1. The van der Waals surface area contributed by atoms with Crippen LogP contribution in [0.2, 0.25) is 0 Å². The van der Waals surface area contributed by atoms with Gasteiger partial charge < -0.3 is 45.7 Å². The van der Waals surface area contributed by atoms with Crippen molar-refractivity contribution in [1.29, 1.82) is 0 Å². The molecule has 2 atom stereocenters. The van der Waals surface area contributed by atoms with Crippen molar-refractivity contribution in [2.45, 2.75) is 63.8 Å². The number of nitrogens with one attached hydrogen (secondary N) is 4. The minimum atomic E-state index is -0.857. The molecule has 0 radical (unpaired) electrons. The number of allylic oxidation sites excluding steroid dienone is 4. The minimum Gasteiger partial charge on any atom is -0.506 e. The molecule has 340 valence electrons. The number of phenolic OH excluding ortho intramolecular Hbond substituents is 1. The molecule has 6 N–H and O–H groups in total. The summed E-state index contributed by atoms with van der Waals surface area (Å²) in [5.41, 5.74) is 6.18.